The van der Waals surface area contributed by atoms with Gasteiger partial charge in [-0.2, -0.15) is 5.26 Å². The number of esters is 1. The first-order valence-corrected chi connectivity index (χ1v) is 5.99. The summed E-state index contributed by atoms with van der Waals surface area (Å²) >= 11 is 0. The van der Waals surface area contributed by atoms with E-state index >= 15 is 0 Å². The Bertz CT molecular complexity index is 351. The van der Waals surface area contributed by atoms with Gasteiger partial charge in [0.05, 0.1) is 32.1 Å². The zero-order valence-corrected chi connectivity index (χ0v) is 10.9. The maximum absolute atomic E-state index is 11.8. The highest BCUT2D eigenvalue weighted by Gasteiger charge is 2.30. The predicted octanol–water partition coefficient (Wildman–Crippen LogP) is -0.147. The Morgan fingerprint density at radius 3 is 2.89 bits per heavy atom. The first-order valence-electron chi connectivity index (χ1n) is 5.99. The fourth-order valence-electron chi connectivity index (χ4n) is 1.99. The molecule has 1 amide bonds. The molecule has 18 heavy (non-hydrogen) atoms. The summed E-state index contributed by atoms with van der Waals surface area (Å²) in [7, 11) is 3.07. The minimum absolute atomic E-state index is 0.0178. The minimum atomic E-state index is -0.206. The lowest BCUT2D eigenvalue weighted by atomic mass is 10.1. The number of hydrogen-bond donors (Lipinski definition) is 0. The molecule has 0 aliphatic carbocycles. The molecule has 1 unspecified atom stereocenters. The number of hydrogen-bond acceptors (Lipinski definition) is 5. The van der Waals surface area contributed by atoms with Crippen LogP contribution in [0.2, 0.25) is 0 Å². The van der Waals surface area contributed by atoms with Crippen LogP contribution in [0.1, 0.15) is 12.8 Å². The summed E-state index contributed by atoms with van der Waals surface area (Å²) in [5.41, 5.74) is 0. The highest BCUT2D eigenvalue weighted by atomic mass is 16.5. The summed E-state index contributed by atoms with van der Waals surface area (Å²) < 4.78 is 4.69. The molecule has 1 aliphatic rings. The van der Waals surface area contributed by atoms with Crippen LogP contribution in [-0.2, 0) is 14.3 Å². The smallest absolute Gasteiger partial charge is 0.310 e. The summed E-state index contributed by atoms with van der Waals surface area (Å²) in [5, 5.41) is 8.45. The van der Waals surface area contributed by atoms with Crippen LogP contribution < -0.4 is 0 Å². The number of nitrogens with zero attached hydrogens (tertiary/aromatic N) is 3. The van der Waals surface area contributed by atoms with Gasteiger partial charge in [-0.05, 0) is 13.0 Å². The maximum Gasteiger partial charge on any atom is 0.310 e. The van der Waals surface area contributed by atoms with E-state index in [9.17, 15) is 9.59 Å². The lowest BCUT2D eigenvalue weighted by Gasteiger charge is -2.20. The van der Waals surface area contributed by atoms with Crippen molar-refractivity contribution in [3.63, 3.8) is 0 Å². The second-order valence-electron chi connectivity index (χ2n) is 4.47. The molecule has 100 valence electrons. The SMILES string of the molecule is COC(=O)C1CCN(CC(=O)N(C)CCC#N)C1. The average Bonchev–Trinajstić information content (AvgIpc) is 2.83. The number of likely N-dealkylation sites (N-methyl/N-ethyl adjacent to an activating group) is 1. The highest BCUT2D eigenvalue weighted by molar-refractivity contribution is 5.78. The van der Waals surface area contributed by atoms with Crippen molar-refractivity contribution < 1.29 is 14.3 Å². The Morgan fingerprint density at radius 2 is 2.28 bits per heavy atom. The number of carbonyl (C=O) groups excluding carboxylic acids is 2. The Labute approximate surface area is 107 Å². The predicted molar refractivity (Wildman–Crippen MR) is 64.4 cm³/mol. The van der Waals surface area contributed by atoms with Gasteiger partial charge < -0.3 is 9.64 Å². The van der Waals surface area contributed by atoms with Crippen molar-refractivity contribution in [2.24, 2.45) is 5.92 Å². The molecule has 1 atom stereocenters. The van der Waals surface area contributed by atoms with Gasteiger partial charge in [-0.25, -0.2) is 0 Å². The molecule has 0 aromatic rings. The third-order valence-electron chi connectivity index (χ3n) is 3.15. The zero-order valence-electron chi connectivity index (χ0n) is 10.9. The molecule has 0 bridgehead atoms. The second kappa shape index (κ2) is 6.97. The van der Waals surface area contributed by atoms with Crippen molar-refractivity contribution in [1.82, 2.24) is 9.80 Å². The van der Waals surface area contributed by atoms with E-state index in [1.54, 1.807) is 11.9 Å². The van der Waals surface area contributed by atoms with Crippen molar-refractivity contribution >= 4 is 11.9 Å². The molecule has 6 nitrogen and oxygen atoms in total. The Morgan fingerprint density at radius 1 is 1.56 bits per heavy atom. The van der Waals surface area contributed by atoms with Crippen LogP contribution in [0.4, 0.5) is 0 Å². The summed E-state index contributed by atoms with van der Waals surface area (Å²) in [6.45, 7) is 2.06. The number of nitriles is 1. The van der Waals surface area contributed by atoms with Gasteiger partial charge in [0, 0.05) is 20.1 Å². The van der Waals surface area contributed by atoms with Crippen molar-refractivity contribution in [3.05, 3.63) is 0 Å². The van der Waals surface area contributed by atoms with Crippen molar-refractivity contribution in [1.29, 1.82) is 5.26 Å². The lowest BCUT2D eigenvalue weighted by molar-refractivity contribution is -0.145. The molecule has 0 spiro atoms. The molecule has 6 heteroatoms. The third-order valence-corrected chi connectivity index (χ3v) is 3.15. The number of rotatable bonds is 5. The summed E-state index contributed by atoms with van der Waals surface area (Å²) in [6, 6.07) is 2.01. The second-order valence-corrected chi connectivity index (χ2v) is 4.47. The topological polar surface area (TPSA) is 73.6 Å². The Hall–Kier alpha value is -1.61. The van der Waals surface area contributed by atoms with Crippen LogP contribution in [-0.4, -0.2) is 62.0 Å². The first kappa shape index (κ1) is 14.5. The normalized spacial score (nSPS) is 19.3. The van der Waals surface area contributed by atoms with Gasteiger partial charge in [0.15, 0.2) is 0 Å². The van der Waals surface area contributed by atoms with E-state index in [1.165, 1.54) is 7.11 Å². The minimum Gasteiger partial charge on any atom is -0.469 e. The molecular formula is C12H19N3O3. The van der Waals surface area contributed by atoms with Gasteiger partial charge in [0.25, 0.3) is 0 Å². The van der Waals surface area contributed by atoms with Crippen LogP contribution in [0, 0.1) is 17.2 Å². The molecule has 1 saturated heterocycles. The van der Waals surface area contributed by atoms with E-state index in [-0.39, 0.29) is 17.8 Å². The van der Waals surface area contributed by atoms with Crippen molar-refractivity contribution in [2.45, 2.75) is 12.8 Å². The summed E-state index contributed by atoms with van der Waals surface area (Å²) in [6.07, 6.45) is 1.08. The van der Waals surface area contributed by atoms with Gasteiger partial charge in [0.1, 0.15) is 0 Å². The highest BCUT2D eigenvalue weighted by Crippen LogP contribution is 2.17. The first-order chi connectivity index (χ1) is 8.58. The van der Waals surface area contributed by atoms with E-state index in [0.29, 0.717) is 26.1 Å². The Balaban J connectivity index is 2.34. The summed E-state index contributed by atoms with van der Waals surface area (Å²) in [4.78, 5) is 26.7. The Kier molecular flexibility index (Phi) is 5.59. The largest absolute Gasteiger partial charge is 0.469 e. The van der Waals surface area contributed by atoms with Crippen LogP contribution in [0.5, 0.6) is 0 Å². The standard InChI is InChI=1S/C12H19N3O3/c1-14(6-3-5-13)11(16)9-15-7-4-10(8-15)12(17)18-2/h10H,3-4,6-9H2,1-2H3. The van der Waals surface area contributed by atoms with Gasteiger partial charge in [0.2, 0.25) is 5.91 Å². The van der Waals surface area contributed by atoms with Gasteiger partial charge in [-0.15, -0.1) is 0 Å². The number of methoxy groups -OCH3 is 1. The van der Waals surface area contributed by atoms with E-state index < -0.39 is 0 Å². The van der Waals surface area contributed by atoms with Gasteiger partial charge in [-0.1, -0.05) is 0 Å². The van der Waals surface area contributed by atoms with Crippen LogP contribution >= 0.6 is 0 Å². The van der Waals surface area contributed by atoms with E-state index in [0.717, 1.165) is 13.0 Å². The maximum atomic E-state index is 11.8. The lowest BCUT2D eigenvalue weighted by Crippen LogP contribution is -2.38. The van der Waals surface area contributed by atoms with E-state index in [4.69, 9.17) is 10.00 Å². The molecule has 1 heterocycles. The monoisotopic (exact) mass is 253 g/mol. The summed E-state index contributed by atoms with van der Waals surface area (Å²) in [5.74, 6) is -0.342. The molecule has 0 N–H and O–H groups in total. The number of amides is 1. The molecule has 1 aliphatic heterocycles. The van der Waals surface area contributed by atoms with Crippen molar-refractivity contribution in [3.8, 4) is 6.07 Å². The molecule has 1 fully saturated rings. The van der Waals surface area contributed by atoms with Crippen molar-refractivity contribution in [2.75, 3.05) is 40.3 Å². The number of likely N-dealkylation sites (tertiary alicyclic amines) is 1. The fourth-order valence-corrected chi connectivity index (χ4v) is 1.99. The molecule has 0 aromatic carbocycles. The van der Waals surface area contributed by atoms with Gasteiger partial charge >= 0.3 is 5.97 Å². The van der Waals surface area contributed by atoms with Crippen LogP contribution in [0.3, 0.4) is 0 Å². The molecule has 0 radical (unpaired) electrons. The van der Waals surface area contributed by atoms with Crippen LogP contribution in [0.25, 0.3) is 0 Å². The van der Waals surface area contributed by atoms with Crippen LogP contribution in [0.15, 0.2) is 0 Å². The molecule has 0 aromatic heterocycles. The van der Waals surface area contributed by atoms with Gasteiger partial charge in [-0.3, -0.25) is 14.5 Å². The third kappa shape index (κ3) is 4.00. The quantitative estimate of drug-likeness (QED) is 0.637. The average molecular weight is 253 g/mol. The van der Waals surface area contributed by atoms with E-state index in [1.807, 2.05) is 11.0 Å². The number of ether oxygens (including phenoxy) is 1. The fraction of sp³-hybridized carbons (Fsp3) is 0.750. The molecular weight excluding hydrogens is 234 g/mol. The van der Waals surface area contributed by atoms with E-state index in [2.05, 4.69) is 0 Å². The molecule has 0 saturated carbocycles. The zero-order chi connectivity index (χ0) is 13.5. The number of carbonyl (C=O) groups is 2. The molecule has 1 rings (SSSR count).